The zero-order chi connectivity index (χ0) is 36.9. The maximum atomic E-state index is 2.97. The molecule has 8 aliphatic carbocycles. The molecule has 0 N–H and O–H groups in total. The van der Waals surface area contributed by atoms with Crippen LogP contribution in [0.2, 0.25) is 24.2 Å². The van der Waals surface area contributed by atoms with Crippen LogP contribution in [0.1, 0.15) is 116 Å². The summed E-state index contributed by atoms with van der Waals surface area (Å²) in [5.74, 6) is 6.51. The monoisotopic (exact) mass is 745 g/mol. The van der Waals surface area contributed by atoms with E-state index in [4.69, 9.17) is 0 Å². The van der Waals surface area contributed by atoms with Crippen molar-refractivity contribution in [3.8, 4) is 0 Å². The van der Waals surface area contributed by atoms with Gasteiger partial charge in [-0.15, -0.1) is 0 Å². The van der Waals surface area contributed by atoms with E-state index in [1.54, 1.807) is 22.3 Å². The summed E-state index contributed by atoms with van der Waals surface area (Å²) in [6, 6.07) is 18.7. The molecule has 0 aliphatic heterocycles. The Morgan fingerprint density at radius 2 is 0.982 bits per heavy atom. The van der Waals surface area contributed by atoms with E-state index < -0.39 is 8.07 Å². The van der Waals surface area contributed by atoms with Gasteiger partial charge in [-0.25, -0.2) is 0 Å². The molecule has 0 radical (unpaired) electrons. The van der Waals surface area contributed by atoms with Crippen molar-refractivity contribution in [3.63, 3.8) is 0 Å². The van der Waals surface area contributed by atoms with Crippen LogP contribution in [0.25, 0.3) is 23.3 Å². The Morgan fingerprint density at radius 1 is 0.545 bits per heavy atom. The normalized spacial score (nSPS) is 33.5. The average molecular weight is 745 g/mol. The summed E-state index contributed by atoms with van der Waals surface area (Å²) < 4.78 is 0. The minimum absolute atomic E-state index is 0.702. The van der Waals surface area contributed by atoms with Crippen molar-refractivity contribution in [3.05, 3.63) is 117 Å². The molecule has 55 heavy (non-hydrogen) atoms. The highest BCUT2D eigenvalue weighted by atomic mass is 28.3. The standard InChI is InChI=1S/C54H68Si/c1-55(2,53-41(33-37-17-5-3-6-18-37)35-51-47(29-15-31-49(51)53)45-27-13-23-39-21-9-11-25-43(39)45)54-42(34-38-19-7-4-8-20-38)36-52-48(30-16-32-50(52)54)46-28-14-24-40-22-10-12-26-44(40)46/h9-12,15-16,21-26,29-32,37-38,41-42,49-54H,3-8,13-14,17-20,27-28,33-36H2,1-2H3. The Hall–Kier alpha value is -2.90. The van der Waals surface area contributed by atoms with Crippen molar-refractivity contribution in [1.82, 2.24) is 0 Å². The summed E-state index contributed by atoms with van der Waals surface area (Å²) in [6.07, 6.45) is 46.4. The summed E-state index contributed by atoms with van der Waals surface area (Å²) >= 11 is 0. The summed E-state index contributed by atoms with van der Waals surface area (Å²) in [4.78, 5) is 0. The highest BCUT2D eigenvalue weighted by Crippen LogP contribution is 2.66. The highest BCUT2D eigenvalue weighted by molar-refractivity contribution is 6.80. The first-order valence-corrected chi connectivity index (χ1v) is 26.5. The van der Waals surface area contributed by atoms with Crippen LogP contribution in [-0.2, 0) is 0 Å². The second-order valence-electron chi connectivity index (χ2n) is 20.3. The van der Waals surface area contributed by atoms with Crippen LogP contribution in [0.4, 0.5) is 0 Å². The van der Waals surface area contributed by atoms with Crippen molar-refractivity contribution in [1.29, 1.82) is 0 Å². The Morgan fingerprint density at radius 3 is 1.44 bits per heavy atom. The molecule has 0 bridgehead atoms. The first-order chi connectivity index (χ1) is 27.0. The van der Waals surface area contributed by atoms with Gasteiger partial charge in [-0.1, -0.05) is 174 Å². The van der Waals surface area contributed by atoms with E-state index in [1.165, 1.54) is 136 Å². The molecule has 8 atom stereocenters. The van der Waals surface area contributed by atoms with Gasteiger partial charge in [-0.05, 0) is 153 Å². The molecule has 10 rings (SSSR count). The number of hydrogen-bond acceptors (Lipinski definition) is 0. The largest absolute Gasteiger partial charge is 0.0808 e. The molecular formula is C54H68Si. The Labute approximate surface area is 334 Å². The van der Waals surface area contributed by atoms with Crippen LogP contribution < -0.4 is 20.9 Å². The average Bonchev–Trinajstić information content (AvgIpc) is 3.80. The van der Waals surface area contributed by atoms with Crippen LogP contribution in [0.5, 0.6) is 0 Å². The Balaban J connectivity index is 1.05. The molecule has 0 saturated heterocycles. The molecule has 0 amide bonds. The second kappa shape index (κ2) is 15.5. The van der Waals surface area contributed by atoms with Gasteiger partial charge in [-0.2, -0.15) is 0 Å². The molecule has 288 valence electrons. The van der Waals surface area contributed by atoms with Crippen molar-refractivity contribution in [2.75, 3.05) is 0 Å². The molecule has 2 aromatic rings. The van der Waals surface area contributed by atoms with E-state index in [2.05, 4.69) is 110 Å². The highest BCUT2D eigenvalue weighted by Gasteiger charge is 2.59. The van der Waals surface area contributed by atoms with Gasteiger partial charge in [0.25, 0.3) is 0 Å². The van der Waals surface area contributed by atoms with Crippen LogP contribution in [0, 0.1) is 47.3 Å². The van der Waals surface area contributed by atoms with Gasteiger partial charge in [0.15, 0.2) is 0 Å². The van der Waals surface area contributed by atoms with E-state index in [9.17, 15) is 0 Å². The second-order valence-corrected chi connectivity index (χ2v) is 25.3. The predicted molar refractivity (Wildman–Crippen MR) is 238 cm³/mol. The number of rotatable bonds is 8. The Bertz CT molecular complexity index is 1970. The molecule has 8 aliphatic rings. The van der Waals surface area contributed by atoms with Gasteiger partial charge in [0.1, 0.15) is 0 Å². The lowest BCUT2D eigenvalue weighted by molar-refractivity contribution is 0.275. The van der Waals surface area contributed by atoms with Gasteiger partial charge in [0.05, 0.1) is 8.07 Å². The van der Waals surface area contributed by atoms with Crippen LogP contribution in [0.3, 0.4) is 0 Å². The first-order valence-electron chi connectivity index (χ1n) is 23.4. The zero-order valence-electron chi connectivity index (χ0n) is 34.2. The van der Waals surface area contributed by atoms with E-state index >= 15 is 0 Å². The minimum Gasteiger partial charge on any atom is -0.0808 e. The maximum absolute atomic E-state index is 2.97. The van der Waals surface area contributed by atoms with Crippen LogP contribution >= 0.6 is 0 Å². The zero-order valence-corrected chi connectivity index (χ0v) is 35.2. The van der Waals surface area contributed by atoms with E-state index in [0.29, 0.717) is 23.7 Å². The summed E-state index contributed by atoms with van der Waals surface area (Å²) in [5, 5.41) is 6.03. The first kappa shape index (κ1) is 36.4. The molecule has 0 nitrogen and oxygen atoms in total. The predicted octanol–water partition coefficient (Wildman–Crippen LogP) is 11.7. The molecule has 0 spiro atoms. The quantitative estimate of drug-likeness (QED) is 0.236. The summed E-state index contributed by atoms with van der Waals surface area (Å²) in [6.45, 7) is 5.95. The number of fused-ring (bicyclic) bond motifs is 4. The molecular weight excluding hydrogens is 677 g/mol. The lowest BCUT2D eigenvalue weighted by atomic mass is 9.78. The molecule has 2 aromatic carbocycles. The molecule has 8 unspecified atom stereocenters. The molecule has 0 aromatic heterocycles. The van der Waals surface area contributed by atoms with E-state index in [-0.39, 0.29) is 0 Å². The third kappa shape index (κ3) is 6.75. The fraction of sp³-hybridized carbons (Fsp3) is 0.556. The fourth-order valence-electron chi connectivity index (χ4n) is 15.2. The fourth-order valence-corrected chi connectivity index (χ4v) is 21.3. The summed E-state index contributed by atoms with van der Waals surface area (Å²) in [5.41, 5.74) is 8.62. The number of benzene rings is 2. The van der Waals surface area contributed by atoms with Gasteiger partial charge in [0.2, 0.25) is 0 Å². The molecule has 4 saturated carbocycles. The topological polar surface area (TPSA) is 0 Å². The third-order valence-electron chi connectivity index (χ3n) is 17.1. The van der Waals surface area contributed by atoms with E-state index in [1.807, 2.05) is 0 Å². The van der Waals surface area contributed by atoms with Crippen molar-refractivity contribution < 1.29 is 0 Å². The van der Waals surface area contributed by atoms with Gasteiger partial charge >= 0.3 is 0 Å². The maximum Gasteiger partial charge on any atom is 0.0553 e. The lowest BCUT2D eigenvalue weighted by Crippen LogP contribution is -2.47. The van der Waals surface area contributed by atoms with Crippen LogP contribution in [-0.4, -0.2) is 8.07 Å². The minimum atomic E-state index is -1.84. The van der Waals surface area contributed by atoms with E-state index in [0.717, 1.165) is 34.8 Å². The van der Waals surface area contributed by atoms with Gasteiger partial charge in [0, 0.05) is 0 Å². The Kier molecular flexibility index (Phi) is 10.2. The lowest BCUT2D eigenvalue weighted by Gasteiger charge is -2.48. The molecule has 0 heterocycles. The van der Waals surface area contributed by atoms with Gasteiger partial charge < -0.3 is 0 Å². The van der Waals surface area contributed by atoms with Crippen LogP contribution in [0.15, 0.2) is 96.1 Å². The summed E-state index contributed by atoms with van der Waals surface area (Å²) in [7, 11) is -1.84. The van der Waals surface area contributed by atoms with Gasteiger partial charge in [-0.3, -0.25) is 0 Å². The SMILES string of the molecule is C[Si](C)(C1C(CC2CCCCC2)CC2C(C3=c4ccccc4=CCC3)=CC=CC21)C1C(CC2CCCCC2)CC2C(C3=c4ccccc4=CCC3)=CC=CC21. The molecule has 4 fully saturated rings. The number of hydrogen-bond donors (Lipinski definition) is 0. The van der Waals surface area contributed by atoms with Crippen molar-refractivity contribution in [2.45, 2.75) is 140 Å². The van der Waals surface area contributed by atoms with Crippen molar-refractivity contribution >= 4 is 31.4 Å². The number of allylic oxidation sites excluding steroid dienone is 8. The van der Waals surface area contributed by atoms with Crippen molar-refractivity contribution in [2.24, 2.45) is 47.3 Å². The smallest absolute Gasteiger partial charge is 0.0553 e. The third-order valence-corrected chi connectivity index (χ3v) is 22.3. The molecule has 1 heteroatoms.